The third-order valence-electron chi connectivity index (χ3n) is 5.30. The number of benzene rings is 2. The van der Waals surface area contributed by atoms with Gasteiger partial charge in [-0.3, -0.25) is 4.79 Å². The number of hydrogen-bond donors (Lipinski definition) is 0. The molecule has 0 saturated heterocycles. The minimum atomic E-state index is 0.0779. The van der Waals surface area contributed by atoms with Crippen molar-refractivity contribution in [3.05, 3.63) is 59.4 Å². The average Bonchev–Trinajstić information content (AvgIpc) is 3.41. The fourth-order valence-corrected chi connectivity index (χ4v) is 3.91. The Kier molecular flexibility index (Phi) is 4.24. The van der Waals surface area contributed by atoms with Crippen LogP contribution in [-0.4, -0.2) is 45.2 Å². The SMILES string of the molecule is O=C(Cc1ccc(-n2cnnn2)cc1)N1CCN(C2CC2)c2ccc(Cl)cc21. The van der Waals surface area contributed by atoms with Gasteiger partial charge in [-0.2, -0.15) is 0 Å². The molecule has 0 spiro atoms. The Labute approximate surface area is 167 Å². The van der Waals surface area contributed by atoms with Crippen LogP contribution in [0.15, 0.2) is 48.8 Å². The average molecular weight is 395 g/mol. The van der Waals surface area contributed by atoms with Gasteiger partial charge in [0.15, 0.2) is 0 Å². The van der Waals surface area contributed by atoms with Gasteiger partial charge in [-0.25, -0.2) is 4.68 Å². The molecule has 2 aromatic carbocycles. The number of hydrogen-bond acceptors (Lipinski definition) is 5. The van der Waals surface area contributed by atoms with Crippen LogP contribution in [0.1, 0.15) is 18.4 Å². The summed E-state index contributed by atoms with van der Waals surface area (Å²) in [5.41, 5.74) is 3.84. The summed E-state index contributed by atoms with van der Waals surface area (Å²) in [6, 6.07) is 14.2. The van der Waals surface area contributed by atoms with Crippen LogP contribution in [0.3, 0.4) is 0 Å². The Morgan fingerprint density at radius 1 is 1.07 bits per heavy atom. The number of carbonyl (C=O) groups is 1. The maximum atomic E-state index is 13.1. The molecule has 1 aliphatic carbocycles. The molecule has 0 N–H and O–H groups in total. The minimum absolute atomic E-state index is 0.0779. The number of nitrogens with zero attached hydrogens (tertiary/aromatic N) is 6. The standard InChI is InChI=1S/C20H19ClN6O/c21-15-3-8-18-19(12-15)26(10-9-25(18)16-6-7-16)20(28)11-14-1-4-17(5-2-14)27-13-22-23-24-27/h1-5,8,12-13,16H,6-7,9-11H2. The quantitative estimate of drug-likeness (QED) is 0.680. The van der Waals surface area contributed by atoms with Gasteiger partial charge in [0.05, 0.1) is 23.5 Å². The molecule has 5 rings (SSSR count). The van der Waals surface area contributed by atoms with E-state index in [1.807, 2.05) is 47.4 Å². The van der Waals surface area contributed by atoms with Crippen LogP contribution >= 0.6 is 11.6 Å². The fourth-order valence-electron chi connectivity index (χ4n) is 3.74. The van der Waals surface area contributed by atoms with Gasteiger partial charge in [0.2, 0.25) is 5.91 Å². The lowest BCUT2D eigenvalue weighted by Gasteiger charge is -2.38. The summed E-state index contributed by atoms with van der Waals surface area (Å²) in [5.74, 6) is 0.0779. The molecule has 2 heterocycles. The molecule has 0 radical (unpaired) electrons. The van der Waals surface area contributed by atoms with Crippen LogP contribution in [-0.2, 0) is 11.2 Å². The smallest absolute Gasteiger partial charge is 0.231 e. The minimum Gasteiger partial charge on any atom is -0.365 e. The number of carbonyl (C=O) groups excluding carboxylic acids is 1. The normalized spacial score (nSPS) is 16.2. The van der Waals surface area contributed by atoms with E-state index in [9.17, 15) is 4.79 Å². The van der Waals surface area contributed by atoms with Crippen LogP contribution in [0.4, 0.5) is 11.4 Å². The molecule has 1 saturated carbocycles. The Morgan fingerprint density at radius 3 is 2.61 bits per heavy atom. The van der Waals surface area contributed by atoms with Gasteiger partial charge >= 0.3 is 0 Å². The summed E-state index contributed by atoms with van der Waals surface area (Å²) in [5, 5.41) is 11.8. The summed E-state index contributed by atoms with van der Waals surface area (Å²) >= 11 is 6.24. The number of amides is 1. The summed E-state index contributed by atoms with van der Waals surface area (Å²) in [7, 11) is 0. The third kappa shape index (κ3) is 3.22. The van der Waals surface area contributed by atoms with E-state index in [4.69, 9.17) is 11.6 Å². The zero-order valence-electron chi connectivity index (χ0n) is 15.2. The van der Waals surface area contributed by atoms with Crippen LogP contribution in [0.2, 0.25) is 5.02 Å². The highest BCUT2D eigenvalue weighted by Gasteiger charge is 2.35. The van der Waals surface area contributed by atoms with E-state index < -0.39 is 0 Å². The maximum Gasteiger partial charge on any atom is 0.231 e. The second-order valence-electron chi connectivity index (χ2n) is 7.20. The molecular formula is C20H19ClN6O. The first-order valence-corrected chi connectivity index (χ1v) is 9.76. The van der Waals surface area contributed by atoms with Crippen molar-refractivity contribution >= 4 is 28.9 Å². The summed E-state index contributed by atoms with van der Waals surface area (Å²) in [4.78, 5) is 17.4. The summed E-state index contributed by atoms with van der Waals surface area (Å²) in [6.45, 7) is 1.55. The maximum absolute atomic E-state index is 13.1. The number of rotatable bonds is 4. The van der Waals surface area contributed by atoms with Crippen molar-refractivity contribution in [1.29, 1.82) is 0 Å². The summed E-state index contributed by atoms with van der Waals surface area (Å²) in [6.07, 6.45) is 4.33. The lowest BCUT2D eigenvalue weighted by molar-refractivity contribution is -0.118. The second kappa shape index (κ2) is 6.91. The molecule has 7 nitrogen and oxygen atoms in total. The molecule has 3 aromatic rings. The molecule has 1 aromatic heterocycles. The molecule has 1 fully saturated rings. The van der Waals surface area contributed by atoms with E-state index in [1.54, 1.807) is 11.0 Å². The number of halogens is 1. The largest absolute Gasteiger partial charge is 0.365 e. The molecule has 2 aliphatic rings. The van der Waals surface area contributed by atoms with Crippen molar-refractivity contribution < 1.29 is 4.79 Å². The van der Waals surface area contributed by atoms with E-state index in [-0.39, 0.29) is 5.91 Å². The third-order valence-corrected chi connectivity index (χ3v) is 5.53. The Bertz CT molecular complexity index is 1000. The predicted molar refractivity (Wildman–Crippen MR) is 107 cm³/mol. The lowest BCUT2D eigenvalue weighted by atomic mass is 10.1. The topological polar surface area (TPSA) is 67.2 Å². The first-order valence-electron chi connectivity index (χ1n) is 9.38. The number of anilines is 2. The predicted octanol–water partition coefficient (Wildman–Crippen LogP) is 2.87. The first-order chi connectivity index (χ1) is 13.7. The van der Waals surface area contributed by atoms with Gasteiger partial charge in [-0.15, -0.1) is 5.10 Å². The van der Waals surface area contributed by atoms with Crippen molar-refractivity contribution in [1.82, 2.24) is 20.2 Å². The molecule has 0 unspecified atom stereocenters. The van der Waals surface area contributed by atoms with Gasteiger partial charge in [-0.1, -0.05) is 23.7 Å². The highest BCUT2D eigenvalue weighted by molar-refractivity contribution is 6.31. The second-order valence-corrected chi connectivity index (χ2v) is 7.64. The molecule has 0 bridgehead atoms. The molecule has 1 aliphatic heterocycles. The highest BCUT2D eigenvalue weighted by Crippen LogP contribution is 2.41. The number of aromatic nitrogens is 4. The highest BCUT2D eigenvalue weighted by atomic mass is 35.5. The van der Waals surface area contributed by atoms with Crippen LogP contribution in [0, 0.1) is 0 Å². The zero-order chi connectivity index (χ0) is 19.1. The van der Waals surface area contributed by atoms with Crippen LogP contribution < -0.4 is 9.80 Å². The van der Waals surface area contributed by atoms with Gasteiger partial charge in [-0.05, 0) is 59.2 Å². The van der Waals surface area contributed by atoms with E-state index in [0.717, 1.165) is 29.2 Å². The Balaban J connectivity index is 1.36. The van der Waals surface area contributed by atoms with Crippen molar-refractivity contribution in [2.24, 2.45) is 0 Å². The van der Waals surface area contributed by atoms with E-state index in [2.05, 4.69) is 20.4 Å². The van der Waals surface area contributed by atoms with Crippen molar-refractivity contribution in [3.8, 4) is 5.69 Å². The molecule has 28 heavy (non-hydrogen) atoms. The fraction of sp³-hybridized carbons (Fsp3) is 0.300. The monoisotopic (exact) mass is 394 g/mol. The van der Waals surface area contributed by atoms with Crippen molar-refractivity contribution in [2.75, 3.05) is 22.9 Å². The molecule has 1 amide bonds. The van der Waals surface area contributed by atoms with Crippen molar-refractivity contribution in [2.45, 2.75) is 25.3 Å². The summed E-state index contributed by atoms with van der Waals surface area (Å²) < 4.78 is 1.58. The Hall–Kier alpha value is -2.93. The van der Waals surface area contributed by atoms with Gasteiger partial charge < -0.3 is 9.80 Å². The molecule has 0 atom stereocenters. The van der Waals surface area contributed by atoms with E-state index in [0.29, 0.717) is 24.0 Å². The van der Waals surface area contributed by atoms with Gasteiger partial charge in [0, 0.05) is 24.2 Å². The number of tetrazole rings is 1. The molecule has 8 heteroatoms. The lowest BCUT2D eigenvalue weighted by Crippen LogP contribution is -2.45. The Morgan fingerprint density at radius 2 is 1.89 bits per heavy atom. The van der Waals surface area contributed by atoms with Crippen LogP contribution in [0.25, 0.3) is 5.69 Å². The molecule has 142 valence electrons. The van der Waals surface area contributed by atoms with E-state index in [1.165, 1.54) is 12.8 Å². The van der Waals surface area contributed by atoms with Crippen LogP contribution in [0.5, 0.6) is 0 Å². The van der Waals surface area contributed by atoms with Gasteiger partial charge in [0.1, 0.15) is 6.33 Å². The molecular weight excluding hydrogens is 376 g/mol. The zero-order valence-corrected chi connectivity index (χ0v) is 16.0. The van der Waals surface area contributed by atoms with Crippen molar-refractivity contribution in [3.63, 3.8) is 0 Å². The van der Waals surface area contributed by atoms with E-state index >= 15 is 0 Å². The van der Waals surface area contributed by atoms with Gasteiger partial charge in [0.25, 0.3) is 0 Å². The number of fused-ring (bicyclic) bond motifs is 1. The first kappa shape index (κ1) is 17.2.